The molecule has 0 aromatic heterocycles. The maximum absolute atomic E-state index is 13.8. The van der Waals surface area contributed by atoms with Crippen LogP contribution in [-0.2, 0) is 4.79 Å². The van der Waals surface area contributed by atoms with Crippen molar-refractivity contribution >= 4 is 34.8 Å². The third-order valence-electron chi connectivity index (χ3n) is 7.39. The Morgan fingerprint density at radius 2 is 2.07 bits per heavy atom. The Kier molecular flexibility index (Phi) is 14.0. The molecule has 0 aliphatic carbocycles. The summed E-state index contributed by atoms with van der Waals surface area (Å²) in [6.45, 7) is 5.29. The number of anilines is 1. The SMILES string of the molecule is CCC(CC)Oc1cccc(NC(NC#N)NCC(C(N)c2ccc(Cl)c(Cl)c2)N(CCN=[N+]=[N-])C(=O)[C@H]2CCCN2)c1. The lowest BCUT2D eigenvalue weighted by molar-refractivity contribution is -0.135. The molecule has 0 saturated carbocycles. The quantitative estimate of drug-likeness (QED) is 0.0410. The van der Waals surface area contributed by atoms with Crippen LogP contribution in [0.5, 0.6) is 5.75 Å². The maximum Gasteiger partial charge on any atom is 0.240 e. The lowest BCUT2D eigenvalue weighted by Gasteiger charge is -2.38. The number of nitrogens with zero attached hydrogens (tertiary/aromatic N) is 5. The molecule has 6 N–H and O–H groups in total. The average Bonchev–Trinajstić information content (AvgIpc) is 3.55. The van der Waals surface area contributed by atoms with E-state index in [-0.39, 0.29) is 37.7 Å². The molecular weight excluding hydrogens is 591 g/mol. The number of nitrogens with one attached hydrogen (secondary N) is 4. The molecule has 1 saturated heterocycles. The molecule has 1 amide bonds. The number of nitriles is 1. The molecule has 43 heavy (non-hydrogen) atoms. The number of carbonyl (C=O) groups is 1. The van der Waals surface area contributed by atoms with Crippen LogP contribution in [0.3, 0.4) is 0 Å². The van der Waals surface area contributed by atoms with Crippen LogP contribution >= 0.6 is 23.2 Å². The highest BCUT2D eigenvalue weighted by Crippen LogP contribution is 2.28. The Hall–Kier alpha value is -3.43. The maximum atomic E-state index is 13.8. The third kappa shape index (κ3) is 10.1. The van der Waals surface area contributed by atoms with Crippen molar-refractivity contribution in [3.8, 4) is 11.9 Å². The number of nitrogens with two attached hydrogens (primary N) is 1. The second kappa shape index (κ2) is 17.6. The second-order valence-electron chi connectivity index (χ2n) is 10.2. The second-order valence-corrected chi connectivity index (χ2v) is 11.0. The highest BCUT2D eigenvalue weighted by molar-refractivity contribution is 6.42. The minimum atomic E-state index is -0.712. The molecule has 232 valence electrons. The van der Waals surface area contributed by atoms with Gasteiger partial charge in [0.2, 0.25) is 5.91 Å². The fourth-order valence-corrected chi connectivity index (χ4v) is 5.33. The number of ether oxygens (including phenoxy) is 1. The first kappa shape index (κ1) is 34.1. The summed E-state index contributed by atoms with van der Waals surface area (Å²) in [5, 5.41) is 26.4. The monoisotopic (exact) mass is 630 g/mol. The minimum Gasteiger partial charge on any atom is -0.490 e. The molecule has 1 aliphatic heterocycles. The van der Waals surface area contributed by atoms with Crippen LogP contribution in [0.1, 0.15) is 51.1 Å². The highest BCUT2D eigenvalue weighted by atomic mass is 35.5. The van der Waals surface area contributed by atoms with Gasteiger partial charge < -0.3 is 26.0 Å². The molecule has 2 aromatic carbocycles. The molecule has 1 heterocycles. The minimum absolute atomic E-state index is 0.0704. The smallest absolute Gasteiger partial charge is 0.240 e. The summed E-state index contributed by atoms with van der Waals surface area (Å²) in [5.41, 5.74) is 17.1. The number of halogens is 2. The largest absolute Gasteiger partial charge is 0.490 e. The van der Waals surface area contributed by atoms with Gasteiger partial charge in [-0.05, 0) is 67.6 Å². The Bertz CT molecular complexity index is 1280. The summed E-state index contributed by atoms with van der Waals surface area (Å²) in [5.74, 6) is 0.574. The molecule has 14 heteroatoms. The van der Waals surface area contributed by atoms with E-state index in [2.05, 4.69) is 45.1 Å². The van der Waals surface area contributed by atoms with Crippen LogP contribution in [-0.4, -0.2) is 61.5 Å². The van der Waals surface area contributed by atoms with Gasteiger partial charge in [0.15, 0.2) is 12.5 Å². The lowest BCUT2D eigenvalue weighted by Crippen LogP contribution is -2.58. The zero-order chi connectivity index (χ0) is 31.2. The average molecular weight is 632 g/mol. The summed E-state index contributed by atoms with van der Waals surface area (Å²) >= 11 is 12.5. The first-order valence-electron chi connectivity index (χ1n) is 14.5. The van der Waals surface area contributed by atoms with Crippen molar-refractivity contribution in [1.82, 2.24) is 20.9 Å². The lowest BCUT2D eigenvalue weighted by atomic mass is 9.97. The number of carbonyl (C=O) groups excluding carboxylic acids is 1. The van der Waals surface area contributed by atoms with Crippen molar-refractivity contribution in [2.24, 2.45) is 10.8 Å². The van der Waals surface area contributed by atoms with Crippen molar-refractivity contribution in [3.63, 3.8) is 0 Å². The number of hydrogen-bond acceptors (Lipinski definition) is 9. The summed E-state index contributed by atoms with van der Waals surface area (Å²) in [6.07, 6.45) is 4.71. The fraction of sp³-hybridized carbons (Fsp3) is 0.517. The summed E-state index contributed by atoms with van der Waals surface area (Å²) < 4.78 is 6.08. The summed E-state index contributed by atoms with van der Waals surface area (Å²) in [4.78, 5) is 18.3. The number of rotatable bonds is 17. The Morgan fingerprint density at radius 1 is 1.28 bits per heavy atom. The number of azide groups is 1. The molecule has 0 radical (unpaired) electrons. The van der Waals surface area contributed by atoms with Crippen LogP contribution in [0, 0.1) is 11.5 Å². The molecular formula is C29H40Cl2N10O2. The van der Waals surface area contributed by atoms with Crippen molar-refractivity contribution in [3.05, 3.63) is 68.5 Å². The fourth-order valence-electron chi connectivity index (χ4n) is 5.02. The number of benzene rings is 2. The standard InChI is InChI=1S/C29H40Cl2N10O2/c1-3-21(4-2)43-22-8-5-7-20(16-22)39-29(37-18-32)36-17-26(27(33)19-10-11-23(30)24(31)15-19)41(14-13-38-40-34)28(42)25-9-6-12-35-25/h5,7-8,10-11,15-16,21,25-27,29,35-37,39H,3-4,6,9,12-14,17,33H2,1-2H3/t25-,26?,27?,29?/m1/s1. The van der Waals surface area contributed by atoms with E-state index in [9.17, 15) is 10.1 Å². The van der Waals surface area contributed by atoms with Gasteiger partial charge in [-0.2, -0.15) is 5.26 Å². The van der Waals surface area contributed by atoms with Crippen LogP contribution in [0.2, 0.25) is 10.0 Å². The van der Waals surface area contributed by atoms with Crippen LogP contribution in [0.15, 0.2) is 47.6 Å². The zero-order valence-corrected chi connectivity index (χ0v) is 26.0. The number of amides is 1. The highest BCUT2D eigenvalue weighted by Gasteiger charge is 2.35. The topological polar surface area (TPSA) is 176 Å². The van der Waals surface area contributed by atoms with Gasteiger partial charge in [0, 0.05) is 36.3 Å². The molecule has 1 fully saturated rings. The molecule has 12 nitrogen and oxygen atoms in total. The van der Waals surface area contributed by atoms with E-state index in [0.29, 0.717) is 27.8 Å². The van der Waals surface area contributed by atoms with Gasteiger partial charge in [0.05, 0.1) is 34.3 Å². The van der Waals surface area contributed by atoms with Gasteiger partial charge in [0.25, 0.3) is 0 Å². The molecule has 0 spiro atoms. The molecule has 2 aromatic rings. The third-order valence-corrected chi connectivity index (χ3v) is 8.13. The van der Waals surface area contributed by atoms with Crippen LogP contribution < -0.4 is 31.7 Å². The van der Waals surface area contributed by atoms with Gasteiger partial charge in [-0.25, -0.2) is 0 Å². The molecule has 1 aliphatic rings. The predicted octanol–water partition coefficient (Wildman–Crippen LogP) is 4.88. The Morgan fingerprint density at radius 3 is 2.72 bits per heavy atom. The Balaban J connectivity index is 1.88. The van der Waals surface area contributed by atoms with Gasteiger partial charge in [0.1, 0.15) is 5.75 Å². The van der Waals surface area contributed by atoms with Gasteiger partial charge in [-0.15, -0.1) is 0 Å². The molecule has 4 atom stereocenters. The number of hydrogen-bond donors (Lipinski definition) is 5. The van der Waals surface area contributed by atoms with E-state index in [1.165, 1.54) is 0 Å². The van der Waals surface area contributed by atoms with Crippen molar-refractivity contribution in [2.45, 2.75) is 70.0 Å². The van der Waals surface area contributed by atoms with Crippen molar-refractivity contribution < 1.29 is 9.53 Å². The van der Waals surface area contributed by atoms with Gasteiger partial charge in [-0.1, -0.05) is 54.3 Å². The first-order chi connectivity index (χ1) is 20.8. The molecule has 3 unspecified atom stereocenters. The zero-order valence-electron chi connectivity index (χ0n) is 24.5. The first-order valence-corrected chi connectivity index (χ1v) is 15.2. The van der Waals surface area contributed by atoms with E-state index in [1.807, 2.05) is 30.5 Å². The normalized spacial score (nSPS) is 16.4. The van der Waals surface area contributed by atoms with Gasteiger partial charge in [-0.3, -0.25) is 15.4 Å². The Labute approximate surface area is 262 Å². The van der Waals surface area contributed by atoms with E-state index in [4.69, 9.17) is 39.2 Å². The van der Waals surface area contributed by atoms with E-state index >= 15 is 0 Å². The van der Waals surface area contributed by atoms with Gasteiger partial charge >= 0.3 is 0 Å². The van der Waals surface area contributed by atoms with Crippen LogP contribution in [0.25, 0.3) is 10.4 Å². The van der Waals surface area contributed by atoms with E-state index in [0.717, 1.165) is 31.5 Å². The van der Waals surface area contributed by atoms with E-state index in [1.54, 1.807) is 23.1 Å². The van der Waals surface area contributed by atoms with Crippen molar-refractivity contribution in [2.75, 3.05) is 31.5 Å². The predicted molar refractivity (Wildman–Crippen MR) is 170 cm³/mol. The summed E-state index contributed by atoms with van der Waals surface area (Å²) in [7, 11) is 0. The summed E-state index contributed by atoms with van der Waals surface area (Å²) in [6, 6.07) is 10.9. The van der Waals surface area contributed by atoms with Crippen LogP contribution in [0.4, 0.5) is 5.69 Å². The van der Waals surface area contributed by atoms with Crippen molar-refractivity contribution in [1.29, 1.82) is 5.26 Å². The molecule has 3 rings (SSSR count). The van der Waals surface area contributed by atoms with E-state index < -0.39 is 18.4 Å². The molecule has 0 bridgehead atoms.